The van der Waals surface area contributed by atoms with Crippen molar-refractivity contribution in [2.45, 2.75) is 11.0 Å². The van der Waals surface area contributed by atoms with E-state index in [1.54, 1.807) is 7.05 Å². The summed E-state index contributed by atoms with van der Waals surface area (Å²) in [5, 5.41) is 11.9. The highest BCUT2D eigenvalue weighted by Gasteiger charge is 2.32. The van der Waals surface area contributed by atoms with Crippen LogP contribution in [0.25, 0.3) is 0 Å². The van der Waals surface area contributed by atoms with Gasteiger partial charge in [0.25, 0.3) is 0 Å². The lowest BCUT2D eigenvalue weighted by Crippen LogP contribution is -2.48. The maximum absolute atomic E-state index is 12.6. The Morgan fingerprint density at radius 2 is 2.45 bits per heavy atom. The molecule has 1 unspecified atom stereocenters. The molecule has 0 aromatic carbocycles. The monoisotopic (exact) mass is 296 g/mol. The zero-order valence-electron chi connectivity index (χ0n) is 11.1. The Balaban J connectivity index is 2.28. The molecular formula is C12H16N4O3S. The zero-order chi connectivity index (χ0) is 14.6. The molecule has 0 amide bonds. The molecule has 1 aromatic rings. The SMILES string of the molecule is CNCC1CN(S(=O)(=O)c2cccnc2C#N)CCO1. The number of likely N-dealkylation sites (N-methyl/N-ethyl adjacent to an activating group) is 1. The predicted molar refractivity (Wildman–Crippen MR) is 71.4 cm³/mol. The summed E-state index contributed by atoms with van der Waals surface area (Å²) in [5.74, 6) is 0. The van der Waals surface area contributed by atoms with Crippen molar-refractivity contribution in [3.05, 3.63) is 24.0 Å². The van der Waals surface area contributed by atoms with Gasteiger partial charge in [0.15, 0.2) is 5.69 Å². The van der Waals surface area contributed by atoms with Gasteiger partial charge in [-0.15, -0.1) is 0 Å². The van der Waals surface area contributed by atoms with Crippen molar-refractivity contribution in [2.75, 3.05) is 33.3 Å². The van der Waals surface area contributed by atoms with Crippen molar-refractivity contribution in [1.29, 1.82) is 5.26 Å². The first-order valence-electron chi connectivity index (χ1n) is 6.21. The molecule has 0 saturated carbocycles. The summed E-state index contributed by atoms with van der Waals surface area (Å²) in [6.07, 6.45) is 1.21. The molecular weight excluding hydrogens is 280 g/mol. The highest BCUT2D eigenvalue weighted by Crippen LogP contribution is 2.20. The number of morpholine rings is 1. The van der Waals surface area contributed by atoms with Gasteiger partial charge >= 0.3 is 0 Å². The largest absolute Gasteiger partial charge is 0.374 e. The zero-order valence-corrected chi connectivity index (χ0v) is 11.9. The molecule has 7 nitrogen and oxygen atoms in total. The third-order valence-electron chi connectivity index (χ3n) is 3.03. The van der Waals surface area contributed by atoms with Crippen LogP contribution < -0.4 is 5.32 Å². The van der Waals surface area contributed by atoms with Gasteiger partial charge in [-0.25, -0.2) is 13.4 Å². The molecule has 1 aromatic heterocycles. The topological polar surface area (TPSA) is 95.3 Å². The summed E-state index contributed by atoms with van der Waals surface area (Å²) in [7, 11) is -1.93. The van der Waals surface area contributed by atoms with E-state index in [0.29, 0.717) is 13.2 Å². The van der Waals surface area contributed by atoms with Gasteiger partial charge in [0.05, 0.1) is 12.7 Å². The number of ether oxygens (including phenoxy) is 1. The van der Waals surface area contributed by atoms with Crippen LogP contribution >= 0.6 is 0 Å². The summed E-state index contributed by atoms with van der Waals surface area (Å²) in [6, 6.07) is 4.74. The van der Waals surface area contributed by atoms with Gasteiger partial charge in [-0.1, -0.05) is 0 Å². The number of nitriles is 1. The van der Waals surface area contributed by atoms with Gasteiger partial charge in [0, 0.05) is 25.8 Å². The van der Waals surface area contributed by atoms with E-state index in [0.717, 1.165) is 0 Å². The van der Waals surface area contributed by atoms with Crippen LogP contribution in [0.4, 0.5) is 0 Å². The van der Waals surface area contributed by atoms with E-state index in [1.165, 1.54) is 22.6 Å². The molecule has 0 radical (unpaired) electrons. The van der Waals surface area contributed by atoms with Crippen LogP contribution in [0.5, 0.6) is 0 Å². The van der Waals surface area contributed by atoms with Gasteiger partial charge < -0.3 is 10.1 Å². The molecule has 1 aliphatic rings. The van der Waals surface area contributed by atoms with Gasteiger partial charge in [-0.2, -0.15) is 9.57 Å². The lowest BCUT2D eigenvalue weighted by molar-refractivity contribution is 0.000814. The molecule has 0 spiro atoms. The first-order chi connectivity index (χ1) is 9.59. The first-order valence-corrected chi connectivity index (χ1v) is 7.65. The van der Waals surface area contributed by atoms with Crippen LogP contribution in [0.2, 0.25) is 0 Å². The van der Waals surface area contributed by atoms with Crippen molar-refractivity contribution >= 4 is 10.0 Å². The Hall–Kier alpha value is -1.53. The summed E-state index contributed by atoms with van der Waals surface area (Å²) < 4.78 is 32.0. The van der Waals surface area contributed by atoms with E-state index in [-0.39, 0.29) is 29.8 Å². The van der Waals surface area contributed by atoms with Crippen molar-refractivity contribution < 1.29 is 13.2 Å². The number of nitrogens with zero attached hydrogens (tertiary/aromatic N) is 3. The molecule has 8 heteroatoms. The molecule has 1 atom stereocenters. The minimum absolute atomic E-state index is 0.0485. The standard InChI is InChI=1S/C12H16N4O3S/c1-14-8-10-9-16(5-6-19-10)20(17,18)12-3-2-4-15-11(12)7-13/h2-4,10,14H,5-6,8-9H2,1H3. The van der Waals surface area contributed by atoms with Gasteiger partial charge in [0.1, 0.15) is 11.0 Å². The highest BCUT2D eigenvalue weighted by atomic mass is 32.2. The predicted octanol–water partition coefficient (Wildman–Crippen LogP) is -0.438. The second-order valence-electron chi connectivity index (χ2n) is 4.38. The minimum atomic E-state index is -3.72. The summed E-state index contributed by atoms with van der Waals surface area (Å²) >= 11 is 0. The number of sulfonamides is 1. The van der Waals surface area contributed by atoms with Crippen molar-refractivity contribution in [3.8, 4) is 6.07 Å². The summed E-state index contributed by atoms with van der Waals surface area (Å²) in [6.45, 7) is 1.46. The number of hydrogen-bond acceptors (Lipinski definition) is 6. The van der Waals surface area contributed by atoms with Gasteiger partial charge in [-0.3, -0.25) is 0 Å². The number of rotatable bonds is 4. The van der Waals surface area contributed by atoms with E-state index in [2.05, 4.69) is 10.3 Å². The molecule has 108 valence electrons. The van der Waals surface area contributed by atoms with E-state index in [9.17, 15) is 8.42 Å². The van der Waals surface area contributed by atoms with Crippen LogP contribution in [0.3, 0.4) is 0 Å². The second kappa shape index (κ2) is 6.28. The van der Waals surface area contributed by atoms with Gasteiger partial charge in [-0.05, 0) is 19.2 Å². The Morgan fingerprint density at radius 1 is 1.65 bits per heavy atom. The fourth-order valence-electron chi connectivity index (χ4n) is 2.08. The Kier molecular flexibility index (Phi) is 4.67. The maximum Gasteiger partial charge on any atom is 0.246 e. The van der Waals surface area contributed by atoms with E-state index in [4.69, 9.17) is 10.00 Å². The summed E-state index contributed by atoms with van der Waals surface area (Å²) in [4.78, 5) is 3.75. The smallest absolute Gasteiger partial charge is 0.246 e. The fourth-order valence-corrected chi connectivity index (χ4v) is 3.63. The lowest BCUT2D eigenvalue weighted by atomic mass is 10.3. The maximum atomic E-state index is 12.6. The van der Waals surface area contributed by atoms with E-state index >= 15 is 0 Å². The van der Waals surface area contributed by atoms with E-state index in [1.807, 2.05) is 6.07 Å². The average molecular weight is 296 g/mol. The molecule has 1 N–H and O–H groups in total. The Bertz CT molecular complexity index is 609. The van der Waals surface area contributed by atoms with Crippen LogP contribution in [0, 0.1) is 11.3 Å². The molecule has 1 aliphatic heterocycles. The Morgan fingerprint density at radius 3 is 3.15 bits per heavy atom. The van der Waals surface area contributed by atoms with E-state index < -0.39 is 10.0 Å². The molecule has 1 saturated heterocycles. The second-order valence-corrected chi connectivity index (χ2v) is 6.28. The van der Waals surface area contributed by atoms with Crippen molar-refractivity contribution in [3.63, 3.8) is 0 Å². The van der Waals surface area contributed by atoms with Gasteiger partial charge in [0.2, 0.25) is 10.0 Å². The third kappa shape index (κ3) is 2.96. The number of hydrogen-bond donors (Lipinski definition) is 1. The quantitative estimate of drug-likeness (QED) is 0.809. The van der Waals surface area contributed by atoms with Crippen molar-refractivity contribution in [2.24, 2.45) is 0 Å². The number of aromatic nitrogens is 1. The molecule has 20 heavy (non-hydrogen) atoms. The molecule has 1 fully saturated rings. The average Bonchev–Trinajstić information content (AvgIpc) is 2.48. The number of nitrogens with one attached hydrogen (secondary N) is 1. The molecule has 0 aliphatic carbocycles. The normalized spacial score (nSPS) is 20.5. The van der Waals surface area contributed by atoms with Crippen LogP contribution in [0.1, 0.15) is 5.69 Å². The number of pyridine rings is 1. The minimum Gasteiger partial charge on any atom is -0.374 e. The fraction of sp³-hybridized carbons (Fsp3) is 0.500. The molecule has 2 heterocycles. The third-order valence-corrected chi connectivity index (χ3v) is 4.92. The summed E-state index contributed by atoms with van der Waals surface area (Å²) in [5.41, 5.74) is -0.0795. The van der Waals surface area contributed by atoms with Crippen LogP contribution in [-0.4, -0.2) is 57.1 Å². The highest BCUT2D eigenvalue weighted by molar-refractivity contribution is 7.89. The lowest BCUT2D eigenvalue weighted by Gasteiger charge is -2.32. The molecule has 0 bridgehead atoms. The Labute approximate surface area is 118 Å². The van der Waals surface area contributed by atoms with Crippen LogP contribution in [0.15, 0.2) is 23.2 Å². The van der Waals surface area contributed by atoms with Crippen molar-refractivity contribution in [1.82, 2.24) is 14.6 Å². The molecule has 2 rings (SSSR count). The van der Waals surface area contributed by atoms with Crippen LogP contribution in [-0.2, 0) is 14.8 Å². The first kappa shape index (κ1) is 14.9.